The van der Waals surface area contributed by atoms with Gasteiger partial charge in [-0.15, -0.1) is 0 Å². The average molecular weight is 284 g/mol. The molecule has 0 rings (SSSR count). The van der Waals surface area contributed by atoms with Gasteiger partial charge in [-0.05, 0) is 25.8 Å². The van der Waals surface area contributed by atoms with Crippen LogP contribution >= 0.6 is 0 Å². The number of rotatable bonds is 15. The maximum atomic E-state index is 11.6. The number of hydrogen-bond acceptors (Lipinski definition) is 2. The maximum Gasteiger partial charge on any atom is 0.219 e. The molecule has 3 heteroatoms. The largest absolute Gasteiger partial charge is 0.356 e. The zero-order valence-corrected chi connectivity index (χ0v) is 13.6. The van der Waals surface area contributed by atoms with Crippen molar-refractivity contribution in [1.82, 2.24) is 5.32 Å². The maximum absolute atomic E-state index is 11.6. The van der Waals surface area contributed by atoms with Gasteiger partial charge in [0.15, 0.2) is 0 Å². The van der Waals surface area contributed by atoms with Crippen LogP contribution in [0.3, 0.4) is 0 Å². The number of unbranched alkanes of at least 4 members (excludes halogenated alkanes) is 10. The lowest BCUT2D eigenvalue weighted by Crippen LogP contribution is -2.23. The Morgan fingerprint density at radius 1 is 0.800 bits per heavy atom. The molecule has 3 nitrogen and oxygen atoms in total. The average Bonchev–Trinajstić information content (AvgIpc) is 2.45. The number of hydrogen-bond donors (Lipinski definition) is 2. The fourth-order valence-corrected chi connectivity index (χ4v) is 2.36. The van der Waals surface area contributed by atoms with Crippen LogP contribution in [0.2, 0.25) is 0 Å². The fourth-order valence-electron chi connectivity index (χ4n) is 2.36. The standard InChI is InChI=1S/C17H36N2O/c1-2-3-4-5-10-13-16-19-17(20)14-11-8-6-7-9-12-15-18/h2-16,18H2,1H3,(H,19,20). The van der Waals surface area contributed by atoms with Crippen molar-refractivity contribution in [3.05, 3.63) is 0 Å². The Bertz CT molecular complexity index is 187. The van der Waals surface area contributed by atoms with Gasteiger partial charge in [0, 0.05) is 13.0 Å². The van der Waals surface area contributed by atoms with E-state index in [0.717, 1.165) is 32.4 Å². The summed E-state index contributed by atoms with van der Waals surface area (Å²) in [6, 6.07) is 0. The van der Waals surface area contributed by atoms with Gasteiger partial charge in [0.05, 0.1) is 0 Å². The molecular weight excluding hydrogens is 248 g/mol. The Balaban J connectivity index is 3.13. The van der Waals surface area contributed by atoms with Crippen molar-refractivity contribution in [3.8, 4) is 0 Å². The number of nitrogens with one attached hydrogen (secondary N) is 1. The predicted octanol–water partition coefficient (Wildman–Crippen LogP) is 4.15. The van der Waals surface area contributed by atoms with E-state index >= 15 is 0 Å². The minimum Gasteiger partial charge on any atom is -0.356 e. The number of amides is 1. The first-order chi connectivity index (χ1) is 9.81. The lowest BCUT2D eigenvalue weighted by atomic mass is 10.1. The van der Waals surface area contributed by atoms with E-state index in [1.807, 2.05) is 0 Å². The van der Waals surface area contributed by atoms with Crippen molar-refractivity contribution < 1.29 is 4.79 Å². The van der Waals surface area contributed by atoms with Crippen molar-refractivity contribution in [2.75, 3.05) is 13.1 Å². The second-order valence-electron chi connectivity index (χ2n) is 5.78. The summed E-state index contributed by atoms with van der Waals surface area (Å²) >= 11 is 0. The highest BCUT2D eigenvalue weighted by molar-refractivity contribution is 5.75. The first-order valence-electron chi connectivity index (χ1n) is 8.78. The van der Waals surface area contributed by atoms with Crippen molar-refractivity contribution in [2.45, 2.75) is 90.4 Å². The molecule has 0 radical (unpaired) electrons. The third-order valence-corrected chi connectivity index (χ3v) is 3.71. The van der Waals surface area contributed by atoms with Gasteiger partial charge in [0.1, 0.15) is 0 Å². The Morgan fingerprint density at radius 3 is 2.00 bits per heavy atom. The second-order valence-corrected chi connectivity index (χ2v) is 5.78. The van der Waals surface area contributed by atoms with Crippen LogP contribution in [0.4, 0.5) is 0 Å². The van der Waals surface area contributed by atoms with Crippen molar-refractivity contribution in [1.29, 1.82) is 0 Å². The molecule has 0 bridgehead atoms. The summed E-state index contributed by atoms with van der Waals surface area (Å²) < 4.78 is 0. The molecule has 0 aliphatic rings. The van der Waals surface area contributed by atoms with Crippen LogP contribution in [0.15, 0.2) is 0 Å². The van der Waals surface area contributed by atoms with E-state index in [4.69, 9.17) is 5.73 Å². The molecule has 0 aromatic carbocycles. The van der Waals surface area contributed by atoms with E-state index in [2.05, 4.69) is 12.2 Å². The summed E-state index contributed by atoms with van der Waals surface area (Å²) in [5.41, 5.74) is 5.45. The Labute approximate surface area is 126 Å². The molecule has 20 heavy (non-hydrogen) atoms. The van der Waals surface area contributed by atoms with Crippen LogP contribution < -0.4 is 11.1 Å². The first kappa shape index (κ1) is 19.4. The van der Waals surface area contributed by atoms with E-state index < -0.39 is 0 Å². The molecular formula is C17H36N2O. The summed E-state index contributed by atoms with van der Waals surface area (Å²) in [7, 11) is 0. The van der Waals surface area contributed by atoms with Crippen LogP contribution in [-0.2, 0) is 4.79 Å². The summed E-state index contributed by atoms with van der Waals surface area (Å²) in [6.07, 6.45) is 15.5. The van der Waals surface area contributed by atoms with Crippen molar-refractivity contribution in [2.24, 2.45) is 5.73 Å². The highest BCUT2D eigenvalue weighted by Crippen LogP contribution is 2.07. The quantitative estimate of drug-likeness (QED) is 0.444. The highest BCUT2D eigenvalue weighted by atomic mass is 16.1. The van der Waals surface area contributed by atoms with Gasteiger partial charge in [-0.1, -0.05) is 64.7 Å². The van der Waals surface area contributed by atoms with Gasteiger partial charge >= 0.3 is 0 Å². The predicted molar refractivity (Wildman–Crippen MR) is 87.8 cm³/mol. The highest BCUT2D eigenvalue weighted by Gasteiger charge is 2.00. The third-order valence-electron chi connectivity index (χ3n) is 3.71. The van der Waals surface area contributed by atoms with Crippen LogP contribution in [0.25, 0.3) is 0 Å². The Kier molecular flexibility index (Phi) is 16.0. The minimum atomic E-state index is 0.237. The van der Waals surface area contributed by atoms with E-state index in [1.54, 1.807) is 0 Å². The van der Waals surface area contributed by atoms with Crippen molar-refractivity contribution >= 4 is 5.91 Å². The van der Waals surface area contributed by atoms with E-state index in [9.17, 15) is 4.79 Å². The minimum absolute atomic E-state index is 0.237. The summed E-state index contributed by atoms with van der Waals surface area (Å²) in [5, 5.41) is 3.03. The van der Waals surface area contributed by atoms with Crippen LogP contribution in [0.5, 0.6) is 0 Å². The molecule has 0 atom stereocenters. The zero-order valence-electron chi connectivity index (χ0n) is 13.6. The van der Waals surface area contributed by atoms with E-state index in [1.165, 1.54) is 57.8 Å². The topological polar surface area (TPSA) is 55.1 Å². The molecule has 0 spiro atoms. The lowest BCUT2D eigenvalue weighted by molar-refractivity contribution is -0.121. The first-order valence-corrected chi connectivity index (χ1v) is 8.78. The molecule has 3 N–H and O–H groups in total. The smallest absolute Gasteiger partial charge is 0.219 e. The number of carbonyl (C=O) groups excluding carboxylic acids is 1. The normalized spacial score (nSPS) is 10.7. The molecule has 0 fully saturated rings. The molecule has 0 aliphatic heterocycles. The van der Waals surface area contributed by atoms with E-state index in [0.29, 0.717) is 6.42 Å². The molecule has 120 valence electrons. The molecule has 1 amide bonds. The Hall–Kier alpha value is -0.570. The van der Waals surface area contributed by atoms with Crippen LogP contribution in [-0.4, -0.2) is 19.0 Å². The molecule has 0 heterocycles. The SMILES string of the molecule is CCCCCCCCNC(=O)CCCCCCCCN. The lowest BCUT2D eigenvalue weighted by Gasteiger charge is -2.05. The Morgan fingerprint density at radius 2 is 1.35 bits per heavy atom. The fraction of sp³-hybridized carbons (Fsp3) is 0.941. The van der Waals surface area contributed by atoms with Gasteiger partial charge in [0.2, 0.25) is 5.91 Å². The zero-order chi connectivity index (χ0) is 14.9. The molecule has 0 aromatic rings. The van der Waals surface area contributed by atoms with Gasteiger partial charge in [-0.25, -0.2) is 0 Å². The molecule has 0 aromatic heterocycles. The monoisotopic (exact) mass is 284 g/mol. The molecule has 0 saturated carbocycles. The summed E-state index contributed by atoms with van der Waals surface area (Å²) in [5.74, 6) is 0.237. The third kappa shape index (κ3) is 15.5. The second kappa shape index (κ2) is 16.5. The van der Waals surface area contributed by atoms with Gasteiger partial charge in [-0.3, -0.25) is 4.79 Å². The molecule has 0 saturated heterocycles. The van der Waals surface area contributed by atoms with Gasteiger partial charge in [0.25, 0.3) is 0 Å². The van der Waals surface area contributed by atoms with Crippen LogP contribution in [0.1, 0.15) is 90.4 Å². The van der Waals surface area contributed by atoms with E-state index in [-0.39, 0.29) is 5.91 Å². The molecule has 0 unspecified atom stereocenters. The van der Waals surface area contributed by atoms with Crippen LogP contribution in [0, 0.1) is 0 Å². The number of nitrogens with two attached hydrogens (primary N) is 1. The summed E-state index contributed by atoms with van der Waals surface area (Å²) in [4.78, 5) is 11.6. The molecule has 0 aliphatic carbocycles. The summed E-state index contributed by atoms with van der Waals surface area (Å²) in [6.45, 7) is 3.90. The van der Waals surface area contributed by atoms with Gasteiger partial charge in [-0.2, -0.15) is 0 Å². The number of carbonyl (C=O) groups is 1. The van der Waals surface area contributed by atoms with Gasteiger partial charge < -0.3 is 11.1 Å². The van der Waals surface area contributed by atoms with Crippen molar-refractivity contribution in [3.63, 3.8) is 0 Å².